The molecule has 1 aliphatic heterocycles. The number of hydrogen-bond donors (Lipinski definition) is 3. The van der Waals surface area contributed by atoms with Gasteiger partial charge in [0.05, 0.1) is 0 Å². The third-order valence-corrected chi connectivity index (χ3v) is 4.49. The van der Waals surface area contributed by atoms with Crippen LogP contribution >= 0.6 is 0 Å². The Morgan fingerprint density at radius 1 is 0.897 bits per heavy atom. The Bertz CT molecular complexity index is 938. The first-order chi connectivity index (χ1) is 13.8. The van der Waals surface area contributed by atoms with Gasteiger partial charge >= 0.3 is 0 Å². The first kappa shape index (κ1) is 20.2. The Morgan fingerprint density at radius 2 is 1.52 bits per heavy atom. The van der Waals surface area contributed by atoms with Crippen LogP contribution in [0.3, 0.4) is 0 Å². The third kappa shape index (κ3) is 4.84. The molecule has 8 heteroatoms. The van der Waals surface area contributed by atoms with Crippen LogP contribution in [-0.4, -0.2) is 24.5 Å². The van der Waals surface area contributed by atoms with Gasteiger partial charge in [0.25, 0.3) is 0 Å². The van der Waals surface area contributed by atoms with E-state index in [4.69, 9.17) is 9.47 Å². The quantitative estimate of drug-likeness (QED) is 0.650. The second-order valence-corrected chi connectivity index (χ2v) is 7.21. The molecule has 8 nitrogen and oxygen atoms in total. The van der Waals surface area contributed by atoms with Crippen LogP contribution in [0.25, 0.3) is 0 Å². The van der Waals surface area contributed by atoms with Crippen molar-refractivity contribution in [2.45, 2.75) is 27.3 Å². The van der Waals surface area contributed by atoms with E-state index < -0.39 is 17.2 Å². The number of anilines is 2. The van der Waals surface area contributed by atoms with E-state index in [2.05, 4.69) is 16.0 Å². The topological polar surface area (TPSA) is 106 Å². The average Bonchev–Trinajstić information content (AvgIpc) is 3.14. The minimum Gasteiger partial charge on any atom is -0.454 e. The van der Waals surface area contributed by atoms with Gasteiger partial charge in [-0.25, -0.2) is 0 Å². The molecule has 2 aromatic carbocycles. The molecule has 0 spiro atoms. The number of ether oxygens (including phenoxy) is 2. The van der Waals surface area contributed by atoms with E-state index >= 15 is 0 Å². The SMILES string of the molecule is CC(=O)Nc1ccc(NC(=O)C(C)(C)C(=O)NCc2ccc3c(c2)OCO3)cc1. The molecular weight excluding hydrogens is 374 g/mol. The lowest BCUT2D eigenvalue weighted by molar-refractivity contribution is -0.138. The highest BCUT2D eigenvalue weighted by Gasteiger charge is 2.36. The molecule has 152 valence electrons. The number of benzene rings is 2. The lowest BCUT2D eigenvalue weighted by Crippen LogP contribution is -2.44. The highest BCUT2D eigenvalue weighted by Crippen LogP contribution is 2.32. The summed E-state index contributed by atoms with van der Waals surface area (Å²) in [6, 6.07) is 12.1. The minimum atomic E-state index is -1.29. The van der Waals surface area contributed by atoms with E-state index in [1.54, 1.807) is 50.2 Å². The van der Waals surface area contributed by atoms with Crippen molar-refractivity contribution in [3.8, 4) is 11.5 Å². The monoisotopic (exact) mass is 397 g/mol. The van der Waals surface area contributed by atoms with Gasteiger partial charge in [-0.05, 0) is 55.8 Å². The molecule has 0 saturated carbocycles. The zero-order chi connectivity index (χ0) is 21.0. The van der Waals surface area contributed by atoms with Crippen LogP contribution in [0, 0.1) is 5.41 Å². The lowest BCUT2D eigenvalue weighted by Gasteiger charge is -2.23. The number of carbonyl (C=O) groups excluding carboxylic acids is 3. The van der Waals surface area contributed by atoms with Crippen molar-refractivity contribution in [1.29, 1.82) is 0 Å². The maximum Gasteiger partial charge on any atom is 0.239 e. The third-order valence-electron chi connectivity index (χ3n) is 4.49. The molecule has 0 fully saturated rings. The molecule has 0 bridgehead atoms. The first-order valence-electron chi connectivity index (χ1n) is 9.11. The van der Waals surface area contributed by atoms with Crippen molar-refractivity contribution in [2.24, 2.45) is 5.41 Å². The average molecular weight is 397 g/mol. The zero-order valence-corrected chi connectivity index (χ0v) is 16.5. The number of hydrogen-bond acceptors (Lipinski definition) is 5. The minimum absolute atomic E-state index is 0.179. The van der Waals surface area contributed by atoms with Crippen molar-refractivity contribution in [3.63, 3.8) is 0 Å². The highest BCUT2D eigenvalue weighted by atomic mass is 16.7. The van der Waals surface area contributed by atoms with Crippen LogP contribution in [0.5, 0.6) is 11.5 Å². The van der Waals surface area contributed by atoms with Crippen LogP contribution in [0.2, 0.25) is 0 Å². The van der Waals surface area contributed by atoms with Gasteiger partial charge in [-0.15, -0.1) is 0 Å². The van der Waals surface area contributed by atoms with E-state index in [-0.39, 0.29) is 19.2 Å². The molecule has 3 rings (SSSR count). The molecule has 2 aromatic rings. The second kappa shape index (κ2) is 8.22. The summed E-state index contributed by atoms with van der Waals surface area (Å²) in [6.07, 6.45) is 0. The molecule has 1 heterocycles. The van der Waals surface area contributed by atoms with Crippen LogP contribution in [-0.2, 0) is 20.9 Å². The molecular formula is C21H23N3O5. The summed E-state index contributed by atoms with van der Waals surface area (Å²) in [7, 11) is 0. The zero-order valence-electron chi connectivity index (χ0n) is 16.5. The normalized spacial score (nSPS) is 12.2. The Morgan fingerprint density at radius 3 is 2.17 bits per heavy atom. The van der Waals surface area contributed by atoms with Gasteiger partial charge in [0.15, 0.2) is 11.5 Å². The first-order valence-corrected chi connectivity index (χ1v) is 9.11. The smallest absolute Gasteiger partial charge is 0.239 e. The summed E-state index contributed by atoms with van der Waals surface area (Å²) in [5.74, 6) is 0.290. The predicted molar refractivity (Wildman–Crippen MR) is 108 cm³/mol. The number of amides is 3. The van der Waals surface area contributed by atoms with Crippen LogP contribution in [0.4, 0.5) is 11.4 Å². The van der Waals surface area contributed by atoms with Gasteiger partial charge in [0.1, 0.15) is 5.41 Å². The van der Waals surface area contributed by atoms with E-state index in [0.717, 1.165) is 5.56 Å². The van der Waals surface area contributed by atoms with E-state index in [1.807, 2.05) is 6.07 Å². The Hall–Kier alpha value is -3.55. The van der Waals surface area contributed by atoms with Crippen LogP contribution < -0.4 is 25.4 Å². The molecule has 3 N–H and O–H groups in total. The molecule has 1 aliphatic rings. The summed E-state index contributed by atoms with van der Waals surface area (Å²) < 4.78 is 10.6. The van der Waals surface area contributed by atoms with Crippen LogP contribution in [0.1, 0.15) is 26.3 Å². The van der Waals surface area contributed by atoms with Gasteiger partial charge in [-0.1, -0.05) is 6.07 Å². The van der Waals surface area contributed by atoms with Crippen molar-refractivity contribution in [2.75, 3.05) is 17.4 Å². The van der Waals surface area contributed by atoms with Crippen LogP contribution in [0.15, 0.2) is 42.5 Å². The lowest BCUT2D eigenvalue weighted by atomic mass is 9.90. The van der Waals surface area contributed by atoms with Gasteiger partial charge in [0, 0.05) is 24.8 Å². The highest BCUT2D eigenvalue weighted by molar-refractivity contribution is 6.09. The van der Waals surface area contributed by atoms with Crippen molar-refractivity contribution < 1.29 is 23.9 Å². The molecule has 0 radical (unpaired) electrons. The van der Waals surface area contributed by atoms with Gasteiger partial charge in [0.2, 0.25) is 24.5 Å². The molecule has 0 aromatic heterocycles. The Balaban J connectivity index is 1.57. The summed E-state index contributed by atoms with van der Waals surface area (Å²) in [5.41, 5.74) is 0.705. The number of nitrogens with one attached hydrogen (secondary N) is 3. The fourth-order valence-corrected chi connectivity index (χ4v) is 2.68. The molecule has 29 heavy (non-hydrogen) atoms. The van der Waals surface area contributed by atoms with Crippen molar-refractivity contribution >= 4 is 29.1 Å². The van der Waals surface area contributed by atoms with E-state index in [0.29, 0.717) is 22.9 Å². The fourth-order valence-electron chi connectivity index (χ4n) is 2.68. The van der Waals surface area contributed by atoms with Gasteiger partial charge in [-0.2, -0.15) is 0 Å². The van der Waals surface area contributed by atoms with E-state index in [9.17, 15) is 14.4 Å². The Kier molecular flexibility index (Phi) is 5.72. The summed E-state index contributed by atoms with van der Waals surface area (Å²) in [6.45, 7) is 4.98. The fraction of sp³-hybridized carbons (Fsp3) is 0.286. The predicted octanol–water partition coefficient (Wildman–Crippen LogP) is 2.65. The summed E-state index contributed by atoms with van der Waals surface area (Å²) in [4.78, 5) is 36.3. The summed E-state index contributed by atoms with van der Waals surface area (Å²) >= 11 is 0. The maximum atomic E-state index is 12.6. The van der Waals surface area contributed by atoms with Gasteiger partial charge < -0.3 is 25.4 Å². The summed E-state index contributed by atoms with van der Waals surface area (Å²) in [5, 5.41) is 8.16. The maximum absolute atomic E-state index is 12.6. The standard InChI is InChI=1S/C21H23N3O5/c1-13(25)23-15-5-7-16(8-6-15)24-20(27)21(2,3)19(26)22-11-14-4-9-17-18(10-14)29-12-28-17/h4-10H,11-12H2,1-3H3,(H,22,26)(H,23,25)(H,24,27). The van der Waals surface area contributed by atoms with Crippen molar-refractivity contribution in [1.82, 2.24) is 5.32 Å². The molecule has 3 amide bonds. The van der Waals surface area contributed by atoms with Gasteiger partial charge in [-0.3, -0.25) is 14.4 Å². The van der Waals surface area contributed by atoms with Crippen molar-refractivity contribution in [3.05, 3.63) is 48.0 Å². The Labute approximate surface area is 168 Å². The molecule has 0 atom stereocenters. The molecule has 0 saturated heterocycles. The second-order valence-electron chi connectivity index (χ2n) is 7.21. The number of fused-ring (bicyclic) bond motifs is 1. The largest absolute Gasteiger partial charge is 0.454 e. The number of carbonyl (C=O) groups is 3. The van der Waals surface area contributed by atoms with E-state index in [1.165, 1.54) is 6.92 Å². The molecule has 0 aliphatic carbocycles. The molecule has 0 unspecified atom stereocenters. The number of rotatable bonds is 6.